The second-order valence-electron chi connectivity index (χ2n) is 17.2. The highest BCUT2D eigenvalue weighted by Crippen LogP contribution is 2.42. The van der Waals surface area contributed by atoms with E-state index in [2.05, 4.69) is 44.9 Å². The summed E-state index contributed by atoms with van der Waals surface area (Å²) in [6.45, 7) is 1.21. The fourth-order valence-corrected chi connectivity index (χ4v) is 11.0. The van der Waals surface area contributed by atoms with Gasteiger partial charge in [-0.05, 0) is 98.6 Å². The van der Waals surface area contributed by atoms with E-state index in [0.29, 0.717) is 37.8 Å². The average molecular weight is 940 g/mol. The van der Waals surface area contributed by atoms with E-state index in [1.807, 2.05) is 82.9 Å². The highest BCUT2D eigenvalue weighted by molar-refractivity contribution is 7.25. The van der Waals surface area contributed by atoms with Gasteiger partial charge >= 0.3 is 0 Å². The Morgan fingerprint density at radius 1 is 0.562 bits per heavy atom. The van der Waals surface area contributed by atoms with Gasteiger partial charge in [0.25, 0.3) is 0 Å². The number of thiophene rings is 2. The monoisotopic (exact) mass is 938 g/mol. The number of aromatic nitrogens is 4. The minimum Gasteiger partial charge on any atom is -0.341 e. The maximum atomic E-state index is 14.2. The maximum absolute atomic E-state index is 14.2. The number of benzene rings is 2. The van der Waals surface area contributed by atoms with Crippen molar-refractivity contribution in [3.63, 3.8) is 0 Å². The van der Waals surface area contributed by atoms with Crippen molar-refractivity contribution in [3.8, 4) is 30.9 Å². The van der Waals surface area contributed by atoms with Crippen LogP contribution in [0.1, 0.15) is 111 Å². The largest absolute Gasteiger partial charge is 0.341 e. The Kier molecular flexibility index (Phi) is 14.0. The molecule has 2 saturated heterocycles. The van der Waals surface area contributed by atoms with Crippen LogP contribution >= 0.6 is 47.5 Å². The summed E-state index contributed by atoms with van der Waals surface area (Å²) in [5.41, 5.74) is 3.37. The summed E-state index contributed by atoms with van der Waals surface area (Å²) in [5, 5.41) is 6.13. The van der Waals surface area contributed by atoms with E-state index in [0.717, 1.165) is 105 Å². The zero-order valence-corrected chi connectivity index (χ0v) is 38.5. The Labute approximate surface area is 392 Å². The summed E-state index contributed by atoms with van der Waals surface area (Å²) in [4.78, 5) is 79.1. The predicted octanol–water partition coefficient (Wildman–Crippen LogP) is 9.74. The second kappa shape index (κ2) is 19.9. The van der Waals surface area contributed by atoms with Crippen molar-refractivity contribution in [1.82, 2.24) is 40.4 Å². The maximum Gasteiger partial charge on any atom is 0.250 e. The highest BCUT2D eigenvalue weighted by Gasteiger charge is 2.39. The van der Waals surface area contributed by atoms with Crippen molar-refractivity contribution < 1.29 is 19.2 Å². The van der Waals surface area contributed by atoms with Gasteiger partial charge in [0, 0.05) is 35.7 Å². The van der Waals surface area contributed by atoms with E-state index in [-0.39, 0.29) is 60.5 Å². The molecule has 0 spiro atoms. The molecule has 4 aromatic heterocycles. The number of rotatable bonds is 15. The molecule has 0 bridgehead atoms. The first-order valence-corrected chi connectivity index (χ1v) is 23.6. The quantitative estimate of drug-likeness (QED) is 0.0804. The molecule has 4 aliphatic rings. The number of hydrogen-bond acceptors (Lipinski definition) is 8. The summed E-state index contributed by atoms with van der Waals surface area (Å²) in [5.74, 6) is 2.01. The number of amides is 4. The Morgan fingerprint density at radius 3 is 1.34 bits per heavy atom. The molecule has 4 atom stereocenters. The molecule has 4 fully saturated rings. The molecular formula is C48H52Cl2N8O4S2. The molecular weight excluding hydrogens is 888 g/mol. The van der Waals surface area contributed by atoms with Gasteiger partial charge in [-0.25, -0.2) is 9.97 Å². The third kappa shape index (κ3) is 10.00. The number of carbonyl (C=O) groups is 4. The van der Waals surface area contributed by atoms with Gasteiger partial charge in [0.05, 0.1) is 45.6 Å². The number of imidazole rings is 2. The van der Waals surface area contributed by atoms with Gasteiger partial charge in [-0.1, -0.05) is 60.7 Å². The number of halogens is 2. The first-order valence-electron chi connectivity index (χ1n) is 21.9. The van der Waals surface area contributed by atoms with Crippen LogP contribution in [0.3, 0.4) is 0 Å². The normalized spacial score (nSPS) is 19.1. The van der Waals surface area contributed by atoms with E-state index in [1.165, 1.54) is 0 Å². The summed E-state index contributed by atoms with van der Waals surface area (Å²) >= 11 is 3.36. The Balaban J connectivity index is 0.00000280. The molecule has 0 radical (unpaired) electrons. The number of nitrogens with one attached hydrogen (secondary N) is 4. The van der Waals surface area contributed by atoms with Gasteiger partial charge in [-0.15, -0.1) is 47.5 Å². The van der Waals surface area contributed by atoms with Gasteiger partial charge in [0.15, 0.2) is 0 Å². The Bertz CT molecular complexity index is 2390. The molecule has 16 heteroatoms. The molecule has 2 saturated carbocycles. The van der Waals surface area contributed by atoms with Gasteiger partial charge in [0.2, 0.25) is 23.6 Å². The lowest BCUT2D eigenvalue weighted by Gasteiger charge is -2.28. The lowest BCUT2D eigenvalue weighted by atomic mass is 10.0. The lowest BCUT2D eigenvalue weighted by Crippen LogP contribution is -2.43. The van der Waals surface area contributed by atoms with Crippen molar-refractivity contribution in [2.45, 2.75) is 88.4 Å². The van der Waals surface area contributed by atoms with Gasteiger partial charge in [-0.2, -0.15) is 0 Å². The average Bonchev–Trinajstić information content (AvgIpc) is 3.80. The predicted molar refractivity (Wildman–Crippen MR) is 254 cm³/mol. The number of aromatic amines is 2. The highest BCUT2D eigenvalue weighted by atomic mass is 35.5. The standard InChI is InChI=1S/C48H50N8O4S2.2ClH/c57-41(25-29-15-16-29)53-43(31-9-3-1-4-10-31)47(59)55-23-7-13-35(55)45-49-27-33(51-45)37-19-21-39(61-37)40-22-20-38(62-40)34-28-50-46(52-34)36-14-8-24-56(36)48(60)44(32-11-5-2-6-12-32)54-42(58)26-30-17-18-30;;/h1-6,9-12,19-22,27-30,35-36,43-44H,7-8,13-18,23-26H2,(H,49,51)(H,50,52)(H,53,57)(H,54,58);2*1H/t35-,36-,43-,44-;;/m0../s1. The van der Waals surface area contributed by atoms with Crippen molar-refractivity contribution in [3.05, 3.63) is 120 Å². The first kappa shape index (κ1) is 45.3. The molecule has 64 heavy (non-hydrogen) atoms. The van der Waals surface area contributed by atoms with E-state index in [4.69, 9.17) is 9.97 Å². The van der Waals surface area contributed by atoms with E-state index >= 15 is 0 Å². The zero-order valence-electron chi connectivity index (χ0n) is 35.2. The third-order valence-electron chi connectivity index (χ3n) is 12.6. The second-order valence-corrected chi connectivity index (χ2v) is 19.4. The summed E-state index contributed by atoms with van der Waals surface area (Å²) in [7, 11) is 0. The van der Waals surface area contributed by atoms with Crippen LogP contribution in [-0.4, -0.2) is 66.5 Å². The van der Waals surface area contributed by atoms with Gasteiger partial charge in [0.1, 0.15) is 23.7 Å². The minimum atomic E-state index is -0.739. The molecule has 2 aliphatic carbocycles. The SMILES string of the molecule is Cl.Cl.O=C(CC1CC1)N[C@H](C(=O)N1CCC[C@H]1c1ncc(-c2ccc(-c3ccc(-c4cnc([C@@H]5CCCN5C(=O)[C@@H](NC(=O)CC5CC5)c5ccccc5)[nH]4)s3)s2)[nH]1)c1ccccc1. The topological polar surface area (TPSA) is 156 Å². The van der Waals surface area contributed by atoms with Crippen molar-refractivity contribution in [2.24, 2.45) is 11.8 Å². The summed E-state index contributed by atoms with van der Waals surface area (Å²) in [6.07, 6.45) is 12.2. The smallest absolute Gasteiger partial charge is 0.250 e. The minimum absolute atomic E-state index is 0. The molecule has 334 valence electrons. The summed E-state index contributed by atoms with van der Waals surface area (Å²) < 4.78 is 0. The van der Waals surface area contributed by atoms with E-state index in [9.17, 15) is 19.2 Å². The van der Waals surface area contributed by atoms with Crippen molar-refractivity contribution >= 4 is 71.1 Å². The zero-order chi connectivity index (χ0) is 42.2. The number of likely N-dealkylation sites (tertiary alicyclic amines) is 2. The molecule has 4 amide bonds. The van der Waals surface area contributed by atoms with Crippen molar-refractivity contribution in [2.75, 3.05) is 13.1 Å². The molecule has 4 N–H and O–H groups in total. The van der Waals surface area contributed by atoms with Crippen molar-refractivity contribution in [1.29, 1.82) is 0 Å². The first-order chi connectivity index (χ1) is 30.3. The molecule has 12 nitrogen and oxygen atoms in total. The van der Waals surface area contributed by atoms with Gasteiger partial charge in [-0.3, -0.25) is 19.2 Å². The van der Waals surface area contributed by atoms with Crippen LogP contribution < -0.4 is 10.6 Å². The summed E-state index contributed by atoms with van der Waals surface area (Å²) in [6, 6.07) is 25.6. The Morgan fingerprint density at radius 2 is 0.953 bits per heavy atom. The number of nitrogens with zero attached hydrogens (tertiary/aromatic N) is 4. The molecule has 6 heterocycles. The lowest BCUT2D eigenvalue weighted by molar-refractivity contribution is -0.137. The number of carbonyl (C=O) groups excluding carboxylic acids is 4. The number of H-pyrrole nitrogens is 2. The van der Waals surface area contributed by atoms with Crippen LogP contribution in [0.5, 0.6) is 0 Å². The van der Waals surface area contributed by atoms with Crippen LogP contribution in [0.4, 0.5) is 0 Å². The molecule has 6 aromatic rings. The van der Waals surface area contributed by atoms with E-state index in [1.54, 1.807) is 22.7 Å². The fraction of sp³-hybridized carbons (Fsp3) is 0.375. The molecule has 0 unspecified atom stereocenters. The third-order valence-corrected chi connectivity index (χ3v) is 15.0. The van der Waals surface area contributed by atoms with Crippen LogP contribution in [-0.2, 0) is 19.2 Å². The fourth-order valence-electron chi connectivity index (χ4n) is 8.93. The molecule has 2 aliphatic heterocycles. The van der Waals surface area contributed by atoms with Crippen LogP contribution in [0, 0.1) is 11.8 Å². The van der Waals surface area contributed by atoms with Crippen LogP contribution in [0.25, 0.3) is 30.9 Å². The van der Waals surface area contributed by atoms with Gasteiger partial charge < -0.3 is 30.4 Å². The van der Waals surface area contributed by atoms with Crippen LogP contribution in [0.15, 0.2) is 97.3 Å². The molecule has 10 rings (SSSR count). The van der Waals surface area contributed by atoms with Crippen LogP contribution in [0.2, 0.25) is 0 Å². The number of hydrogen-bond donors (Lipinski definition) is 4. The van der Waals surface area contributed by atoms with E-state index < -0.39 is 12.1 Å². The Hall–Kier alpha value is -5.28. The molecule has 2 aromatic carbocycles.